The first-order chi connectivity index (χ1) is 15.0. The number of thiophene rings is 2. The van der Waals surface area contributed by atoms with Gasteiger partial charge in [0.2, 0.25) is 5.91 Å². The van der Waals surface area contributed by atoms with E-state index in [0.717, 1.165) is 57.6 Å². The number of amides is 2. The van der Waals surface area contributed by atoms with Gasteiger partial charge >= 0.3 is 0 Å². The van der Waals surface area contributed by atoms with Gasteiger partial charge in [0.05, 0.1) is 5.69 Å². The van der Waals surface area contributed by atoms with Gasteiger partial charge in [-0.15, -0.1) is 22.7 Å². The van der Waals surface area contributed by atoms with Crippen LogP contribution in [0.4, 0.5) is 5.69 Å². The summed E-state index contributed by atoms with van der Waals surface area (Å²) in [6.45, 7) is 0. The number of carbonyl (C=O) groups is 2. The standard InChI is InChI=1S/C23H26N4O2S2/c24-19-18-17(15-7-4-10-30-15)14-9-8-12(11-16(28)26-13-5-2-1-3-6-13)20(14)27-23(18)31-21(19)22(25)29/h4,7,10,12-13H,1-3,5-6,8-9,11,24H2,(H2,25,29)(H,26,28). The van der Waals surface area contributed by atoms with E-state index in [1.807, 2.05) is 11.4 Å². The molecule has 6 nitrogen and oxygen atoms in total. The number of carbonyl (C=O) groups excluding carboxylic acids is 2. The Hall–Kier alpha value is -2.45. The second-order valence-electron chi connectivity index (χ2n) is 8.56. The Morgan fingerprint density at radius 2 is 2.00 bits per heavy atom. The van der Waals surface area contributed by atoms with Crippen LogP contribution in [-0.4, -0.2) is 22.8 Å². The summed E-state index contributed by atoms with van der Waals surface area (Å²) < 4.78 is 0. The number of aromatic nitrogens is 1. The van der Waals surface area contributed by atoms with Gasteiger partial charge in [0.15, 0.2) is 0 Å². The summed E-state index contributed by atoms with van der Waals surface area (Å²) in [5.41, 5.74) is 15.6. The molecule has 0 aromatic carbocycles. The summed E-state index contributed by atoms with van der Waals surface area (Å²) in [5.74, 6) is -0.323. The Balaban J connectivity index is 1.52. The molecule has 3 aromatic heterocycles. The van der Waals surface area contributed by atoms with E-state index < -0.39 is 5.91 Å². The lowest BCUT2D eigenvalue weighted by Crippen LogP contribution is -2.36. The van der Waals surface area contributed by atoms with Gasteiger partial charge in [-0.1, -0.05) is 25.3 Å². The minimum atomic E-state index is -0.527. The fraction of sp³-hybridized carbons (Fsp3) is 0.435. The molecule has 5 N–H and O–H groups in total. The Bertz CT molecular complexity index is 1150. The maximum atomic E-state index is 12.8. The summed E-state index contributed by atoms with van der Waals surface area (Å²) in [4.78, 5) is 31.8. The second kappa shape index (κ2) is 8.24. The van der Waals surface area contributed by atoms with Gasteiger partial charge in [-0.25, -0.2) is 4.98 Å². The zero-order valence-corrected chi connectivity index (χ0v) is 18.9. The highest BCUT2D eigenvalue weighted by Crippen LogP contribution is 2.48. The minimum Gasteiger partial charge on any atom is -0.397 e. The van der Waals surface area contributed by atoms with Gasteiger partial charge in [0, 0.05) is 39.9 Å². The molecule has 8 heteroatoms. The molecule has 162 valence electrons. The molecule has 5 rings (SSSR count). The summed E-state index contributed by atoms with van der Waals surface area (Å²) in [5, 5.41) is 6.10. The average molecular weight is 455 g/mol. The van der Waals surface area contributed by atoms with Crippen molar-refractivity contribution in [3.8, 4) is 10.4 Å². The molecular formula is C23H26N4O2S2. The molecule has 2 aliphatic rings. The Morgan fingerprint density at radius 1 is 1.19 bits per heavy atom. The molecule has 31 heavy (non-hydrogen) atoms. The van der Waals surface area contributed by atoms with Crippen molar-refractivity contribution in [2.24, 2.45) is 5.73 Å². The zero-order chi connectivity index (χ0) is 21.5. The maximum Gasteiger partial charge on any atom is 0.260 e. The van der Waals surface area contributed by atoms with E-state index in [-0.39, 0.29) is 11.8 Å². The second-order valence-corrected chi connectivity index (χ2v) is 10.5. The van der Waals surface area contributed by atoms with Crippen LogP contribution < -0.4 is 16.8 Å². The van der Waals surface area contributed by atoms with Crippen molar-refractivity contribution in [2.75, 3.05) is 5.73 Å². The third-order valence-electron chi connectivity index (χ3n) is 6.53. The lowest BCUT2D eigenvalue weighted by molar-refractivity contribution is -0.122. The number of fused-ring (bicyclic) bond motifs is 2. The van der Waals surface area contributed by atoms with Crippen molar-refractivity contribution in [1.82, 2.24) is 10.3 Å². The Morgan fingerprint density at radius 3 is 2.71 bits per heavy atom. The molecule has 3 aromatic rings. The summed E-state index contributed by atoms with van der Waals surface area (Å²) >= 11 is 2.90. The molecule has 1 atom stereocenters. The van der Waals surface area contributed by atoms with Crippen LogP contribution in [-0.2, 0) is 11.2 Å². The highest BCUT2D eigenvalue weighted by molar-refractivity contribution is 7.21. The number of rotatable bonds is 5. The molecule has 0 saturated heterocycles. The molecule has 2 aliphatic carbocycles. The SMILES string of the molecule is NC(=O)c1sc2nc3c(c(-c4cccs4)c2c1N)CCC3CC(=O)NC1CCCCC1. The van der Waals surface area contributed by atoms with Gasteiger partial charge < -0.3 is 16.8 Å². The van der Waals surface area contributed by atoms with Crippen LogP contribution in [0.15, 0.2) is 17.5 Å². The fourth-order valence-electron chi connectivity index (χ4n) is 5.09. The zero-order valence-electron chi connectivity index (χ0n) is 17.3. The Kier molecular flexibility index (Phi) is 5.44. The molecule has 1 saturated carbocycles. The van der Waals surface area contributed by atoms with Crippen LogP contribution in [0.25, 0.3) is 20.7 Å². The van der Waals surface area contributed by atoms with Crippen molar-refractivity contribution in [3.05, 3.63) is 33.6 Å². The molecule has 2 amide bonds. The molecule has 0 aliphatic heterocycles. The number of hydrogen-bond acceptors (Lipinski definition) is 6. The molecule has 0 bridgehead atoms. The molecule has 1 fully saturated rings. The number of primary amides is 1. The van der Waals surface area contributed by atoms with Crippen LogP contribution in [0.1, 0.15) is 71.8 Å². The van der Waals surface area contributed by atoms with E-state index in [1.54, 1.807) is 11.3 Å². The van der Waals surface area contributed by atoms with Crippen molar-refractivity contribution >= 4 is 50.4 Å². The van der Waals surface area contributed by atoms with Gasteiger partial charge in [-0.05, 0) is 42.7 Å². The van der Waals surface area contributed by atoms with Crippen LogP contribution >= 0.6 is 22.7 Å². The predicted octanol–water partition coefficient (Wildman–Crippen LogP) is 4.57. The number of anilines is 1. The van der Waals surface area contributed by atoms with Crippen LogP contribution in [0.2, 0.25) is 0 Å². The smallest absolute Gasteiger partial charge is 0.260 e. The van der Waals surface area contributed by atoms with Gasteiger partial charge in [-0.3, -0.25) is 9.59 Å². The van der Waals surface area contributed by atoms with Crippen LogP contribution in [0.5, 0.6) is 0 Å². The van der Waals surface area contributed by atoms with E-state index in [9.17, 15) is 9.59 Å². The van der Waals surface area contributed by atoms with E-state index >= 15 is 0 Å². The summed E-state index contributed by atoms with van der Waals surface area (Å²) in [6, 6.07) is 4.40. The van der Waals surface area contributed by atoms with Crippen LogP contribution in [0, 0.1) is 0 Å². The molecule has 0 spiro atoms. The summed E-state index contributed by atoms with van der Waals surface area (Å²) in [6.07, 6.45) is 8.04. The van der Waals surface area contributed by atoms with Crippen molar-refractivity contribution in [1.29, 1.82) is 0 Å². The van der Waals surface area contributed by atoms with Gasteiger partial charge in [0.1, 0.15) is 9.71 Å². The van der Waals surface area contributed by atoms with Crippen molar-refractivity contribution < 1.29 is 9.59 Å². The van der Waals surface area contributed by atoms with Gasteiger partial charge in [-0.2, -0.15) is 0 Å². The normalized spacial score (nSPS) is 18.9. The first-order valence-corrected chi connectivity index (χ1v) is 12.6. The molecule has 0 radical (unpaired) electrons. The lowest BCUT2D eigenvalue weighted by atomic mass is 9.94. The van der Waals surface area contributed by atoms with E-state index in [2.05, 4.69) is 11.4 Å². The quantitative estimate of drug-likeness (QED) is 0.524. The highest BCUT2D eigenvalue weighted by Gasteiger charge is 2.33. The van der Waals surface area contributed by atoms with E-state index in [4.69, 9.17) is 16.5 Å². The molecular weight excluding hydrogens is 428 g/mol. The molecule has 3 heterocycles. The number of nitrogens with two attached hydrogens (primary N) is 2. The van der Waals surface area contributed by atoms with Crippen molar-refractivity contribution in [3.63, 3.8) is 0 Å². The largest absolute Gasteiger partial charge is 0.397 e. The summed E-state index contributed by atoms with van der Waals surface area (Å²) in [7, 11) is 0. The topological polar surface area (TPSA) is 111 Å². The van der Waals surface area contributed by atoms with Crippen molar-refractivity contribution in [2.45, 2.75) is 63.3 Å². The van der Waals surface area contributed by atoms with E-state index in [1.165, 1.54) is 30.6 Å². The number of pyridine rings is 1. The lowest BCUT2D eigenvalue weighted by Gasteiger charge is -2.23. The number of nitrogen functional groups attached to an aromatic ring is 1. The monoisotopic (exact) mass is 454 g/mol. The highest BCUT2D eigenvalue weighted by atomic mass is 32.1. The third-order valence-corrected chi connectivity index (χ3v) is 8.53. The number of hydrogen-bond donors (Lipinski definition) is 3. The first-order valence-electron chi connectivity index (χ1n) is 10.9. The minimum absolute atomic E-state index is 0.0852. The fourth-order valence-corrected chi connectivity index (χ4v) is 6.85. The van der Waals surface area contributed by atoms with E-state index in [0.29, 0.717) is 23.0 Å². The number of nitrogens with zero attached hydrogens (tertiary/aromatic N) is 1. The third kappa shape index (κ3) is 3.72. The predicted molar refractivity (Wildman–Crippen MR) is 127 cm³/mol. The molecule has 1 unspecified atom stereocenters. The first kappa shape index (κ1) is 20.5. The maximum absolute atomic E-state index is 12.8. The van der Waals surface area contributed by atoms with Gasteiger partial charge in [0.25, 0.3) is 5.91 Å². The average Bonchev–Trinajstić information content (AvgIpc) is 3.48. The van der Waals surface area contributed by atoms with Crippen LogP contribution in [0.3, 0.4) is 0 Å². The number of nitrogens with one attached hydrogen (secondary N) is 1. The Labute approximate surface area is 189 Å².